The largest absolute Gasteiger partial charge is 0.497 e. The standard InChI is InChI=1S/C12H17NO2Si/c1-14-11-7-5-10(6-8-11)12(9-13)15-16(2,3)4/h5-8,12H,1-4H3. The van der Waals surface area contributed by atoms with Crippen molar-refractivity contribution in [3.8, 4) is 11.8 Å². The van der Waals surface area contributed by atoms with E-state index in [9.17, 15) is 0 Å². The van der Waals surface area contributed by atoms with Gasteiger partial charge >= 0.3 is 0 Å². The van der Waals surface area contributed by atoms with Crippen LogP contribution in [0.15, 0.2) is 24.3 Å². The first-order chi connectivity index (χ1) is 7.46. The van der Waals surface area contributed by atoms with E-state index in [1.165, 1.54) is 0 Å². The molecule has 1 aromatic carbocycles. The third-order valence-corrected chi connectivity index (χ3v) is 2.95. The summed E-state index contributed by atoms with van der Waals surface area (Å²) in [5, 5.41) is 9.09. The predicted octanol–water partition coefficient (Wildman–Crippen LogP) is 3.11. The van der Waals surface area contributed by atoms with Crippen molar-refractivity contribution in [2.24, 2.45) is 0 Å². The maximum Gasteiger partial charge on any atom is 0.186 e. The molecule has 0 aliphatic heterocycles. The van der Waals surface area contributed by atoms with Crippen LogP contribution in [-0.2, 0) is 4.43 Å². The van der Waals surface area contributed by atoms with Gasteiger partial charge in [0.1, 0.15) is 5.75 Å². The van der Waals surface area contributed by atoms with Crippen LogP contribution in [0.3, 0.4) is 0 Å². The summed E-state index contributed by atoms with van der Waals surface area (Å²) in [5.74, 6) is 0.786. The molecule has 0 spiro atoms. The minimum absolute atomic E-state index is 0.474. The van der Waals surface area contributed by atoms with Gasteiger partial charge in [0.15, 0.2) is 14.4 Å². The van der Waals surface area contributed by atoms with Crippen molar-refractivity contribution in [3.05, 3.63) is 29.8 Å². The van der Waals surface area contributed by atoms with Crippen LogP contribution in [0.4, 0.5) is 0 Å². The zero-order valence-electron chi connectivity index (χ0n) is 10.2. The maximum atomic E-state index is 9.09. The van der Waals surface area contributed by atoms with Crippen molar-refractivity contribution in [2.75, 3.05) is 7.11 Å². The number of hydrogen-bond acceptors (Lipinski definition) is 3. The molecule has 0 saturated heterocycles. The van der Waals surface area contributed by atoms with Gasteiger partial charge in [-0.1, -0.05) is 12.1 Å². The van der Waals surface area contributed by atoms with Crippen LogP contribution in [-0.4, -0.2) is 15.4 Å². The zero-order valence-corrected chi connectivity index (χ0v) is 11.2. The molecule has 0 aromatic heterocycles. The smallest absolute Gasteiger partial charge is 0.186 e. The van der Waals surface area contributed by atoms with Gasteiger partial charge in [-0.15, -0.1) is 0 Å². The summed E-state index contributed by atoms with van der Waals surface area (Å²) in [7, 11) is -0.0793. The molecule has 0 aliphatic rings. The lowest BCUT2D eigenvalue weighted by Gasteiger charge is -2.21. The van der Waals surface area contributed by atoms with Crippen molar-refractivity contribution in [1.29, 1.82) is 5.26 Å². The number of nitriles is 1. The summed E-state index contributed by atoms with van der Waals surface area (Å²) >= 11 is 0. The topological polar surface area (TPSA) is 42.2 Å². The zero-order chi connectivity index (χ0) is 12.2. The molecule has 3 nitrogen and oxygen atoms in total. The van der Waals surface area contributed by atoms with Gasteiger partial charge in [-0.05, 0) is 37.3 Å². The van der Waals surface area contributed by atoms with Gasteiger partial charge in [0, 0.05) is 0 Å². The molecule has 0 aliphatic carbocycles. The number of hydrogen-bond donors (Lipinski definition) is 0. The molecular formula is C12H17NO2Si. The Morgan fingerprint density at radius 3 is 2.12 bits per heavy atom. The Labute approximate surface area is 97.7 Å². The average molecular weight is 235 g/mol. The molecule has 16 heavy (non-hydrogen) atoms. The van der Waals surface area contributed by atoms with Crippen molar-refractivity contribution in [2.45, 2.75) is 25.7 Å². The SMILES string of the molecule is COc1ccc(C(C#N)O[Si](C)(C)C)cc1. The van der Waals surface area contributed by atoms with E-state index in [2.05, 4.69) is 25.7 Å². The first-order valence-corrected chi connectivity index (χ1v) is 8.58. The maximum absolute atomic E-state index is 9.09. The summed E-state index contributed by atoms with van der Waals surface area (Å²) < 4.78 is 10.9. The van der Waals surface area contributed by atoms with Gasteiger partial charge in [0.25, 0.3) is 0 Å². The Kier molecular flexibility index (Phi) is 4.10. The molecule has 4 heteroatoms. The molecule has 0 heterocycles. The Bertz CT molecular complexity index is 375. The van der Waals surface area contributed by atoms with E-state index in [0.29, 0.717) is 0 Å². The van der Waals surface area contributed by atoms with Crippen molar-refractivity contribution in [1.82, 2.24) is 0 Å². The monoisotopic (exact) mass is 235 g/mol. The van der Waals surface area contributed by atoms with Gasteiger partial charge < -0.3 is 9.16 Å². The summed E-state index contributed by atoms with van der Waals surface area (Å²) in [4.78, 5) is 0. The number of methoxy groups -OCH3 is 1. The fraction of sp³-hybridized carbons (Fsp3) is 0.417. The number of benzene rings is 1. The Balaban J connectivity index is 2.84. The lowest BCUT2D eigenvalue weighted by atomic mass is 10.1. The fourth-order valence-corrected chi connectivity index (χ4v) is 2.20. The third-order valence-electron chi connectivity index (χ3n) is 2.01. The number of ether oxygens (including phenoxy) is 1. The summed E-state index contributed by atoms with van der Waals surface area (Å²) in [5.41, 5.74) is 0.880. The van der Waals surface area contributed by atoms with E-state index in [1.54, 1.807) is 7.11 Å². The van der Waals surface area contributed by atoms with E-state index >= 15 is 0 Å². The fourth-order valence-electron chi connectivity index (χ4n) is 1.30. The summed E-state index contributed by atoms with van der Waals surface area (Å²) in [6.45, 7) is 6.21. The van der Waals surface area contributed by atoms with Crippen LogP contribution in [0, 0.1) is 11.3 Å². The first kappa shape index (κ1) is 12.8. The quantitative estimate of drug-likeness (QED) is 0.753. The van der Waals surface area contributed by atoms with Gasteiger partial charge in [-0.25, -0.2) is 0 Å². The van der Waals surface area contributed by atoms with Crippen molar-refractivity contribution in [3.63, 3.8) is 0 Å². The highest BCUT2D eigenvalue weighted by atomic mass is 28.4. The van der Waals surface area contributed by atoms with Crippen LogP contribution >= 0.6 is 0 Å². The molecule has 0 N–H and O–H groups in total. The minimum atomic E-state index is -1.70. The molecule has 0 radical (unpaired) electrons. The van der Waals surface area contributed by atoms with E-state index in [1.807, 2.05) is 24.3 Å². The van der Waals surface area contributed by atoms with Gasteiger partial charge in [0.2, 0.25) is 0 Å². The summed E-state index contributed by atoms with van der Waals surface area (Å²) in [6.07, 6.45) is -0.474. The molecule has 1 aromatic rings. The van der Waals surface area contributed by atoms with Crippen molar-refractivity contribution < 1.29 is 9.16 Å². The molecule has 1 unspecified atom stereocenters. The van der Waals surface area contributed by atoms with E-state index < -0.39 is 14.4 Å². The van der Waals surface area contributed by atoms with Gasteiger partial charge in [-0.3, -0.25) is 0 Å². The molecule has 1 rings (SSSR count). The highest BCUT2D eigenvalue weighted by molar-refractivity contribution is 6.69. The van der Waals surface area contributed by atoms with Crippen LogP contribution in [0.25, 0.3) is 0 Å². The van der Waals surface area contributed by atoms with E-state index in [4.69, 9.17) is 14.4 Å². The van der Waals surface area contributed by atoms with Crippen LogP contribution in [0.2, 0.25) is 19.6 Å². The lowest BCUT2D eigenvalue weighted by molar-refractivity contribution is 0.255. The second kappa shape index (κ2) is 5.15. The summed E-state index contributed by atoms with van der Waals surface area (Å²) in [6, 6.07) is 9.60. The predicted molar refractivity (Wildman–Crippen MR) is 65.8 cm³/mol. The Hall–Kier alpha value is -1.31. The Morgan fingerprint density at radius 2 is 1.75 bits per heavy atom. The number of nitrogens with zero attached hydrogens (tertiary/aromatic N) is 1. The molecular weight excluding hydrogens is 218 g/mol. The van der Waals surface area contributed by atoms with Crippen LogP contribution < -0.4 is 4.74 Å². The minimum Gasteiger partial charge on any atom is -0.497 e. The molecule has 0 saturated carbocycles. The normalized spacial score (nSPS) is 12.9. The van der Waals surface area contributed by atoms with Crippen LogP contribution in [0.1, 0.15) is 11.7 Å². The third kappa shape index (κ3) is 3.68. The van der Waals surface area contributed by atoms with E-state index in [-0.39, 0.29) is 0 Å². The molecule has 1 atom stereocenters. The molecule has 86 valence electrons. The second-order valence-electron chi connectivity index (χ2n) is 4.51. The van der Waals surface area contributed by atoms with Gasteiger partial charge in [0.05, 0.1) is 13.2 Å². The second-order valence-corrected chi connectivity index (χ2v) is 8.97. The highest BCUT2D eigenvalue weighted by Gasteiger charge is 2.22. The molecule has 0 amide bonds. The van der Waals surface area contributed by atoms with E-state index in [0.717, 1.165) is 11.3 Å². The lowest BCUT2D eigenvalue weighted by Crippen LogP contribution is -2.27. The highest BCUT2D eigenvalue weighted by Crippen LogP contribution is 2.23. The molecule has 0 fully saturated rings. The molecule has 0 bridgehead atoms. The average Bonchev–Trinajstić information content (AvgIpc) is 2.25. The van der Waals surface area contributed by atoms with Crippen LogP contribution in [0.5, 0.6) is 5.75 Å². The first-order valence-electron chi connectivity index (χ1n) is 5.17. The van der Waals surface area contributed by atoms with Crippen molar-refractivity contribution >= 4 is 8.32 Å². The Morgan fingerprint density at radius 1 is 1.19 bits per heavy atom. The number of rotatable bonds is 4. The van der Waals surface area contributed by atoms with Gasteiger partial charge in [-0.2, -0.15) is 5.26 Å².